The third kappa shape index (κ3) is 3.29. The van der Waals surface area contributed by atoms with E-state index in [9.17, 15) is 13.2 Å². The summed E-state index contributed by atoms with van der Waals surface area (Å²) in [4.78, 5) is 16.5. The van der Waals surface area contributed by atoms with Gasteiger partial charge in [0.05, 0.1) is 22.7 Å². The van der Waals surface area contributed by atoms with Gasteiger partial charge >= 0.3 is 0 Å². The number of pyridine rings is 1. The minimum Gasteiger partial charge on any atom is -0.267 e. The van der Waals surface area contributed by atoms with Crippen molar-refractivity contribution in [3.05, 3.63) is 59.9 Å². The quantitative estimate of drug-likeness (QED) is 0.859. The Balaban J connectivity index is 1.87. The molecule has 0 unspecified atom stereocenters. The van der Waals surface area contributed by atoms with E-state index in [1.54, 1.807) is 42.6 Å². The standard InChI is InChI=1S/C16H15N3O3S/c1-23(21,22)14-6-2-4-12(10-14)15-7-9-19(18-15)16(20)13-5-3-8-17-11-13/h2-6,8,10-11H,7,9H2,1H3. The van der Waals surface area contributed by atoms with Crippen molar-refractivity contribution in [1.29, 1.82) is 0 Å². The molecule has 0 saturated heterocycles. The van der Waals surface area contributed by atoms with Crippen LogP contribution >= 0.6 is 0 Å². The van der Waals surface area contributed by atoms with Crippen LogP contribution in [0.3, 0.4) is 0 Å². The number of amides is 1. The molecule has 23 heavy (non-hydrogen) atoms. The minimum absolute atomic E-state index is 0.215. The Labute approximate surface area is 134 Å². The molecule has 0 radical (unpaired) electrons. The van der Waals surface area contributed by atoms with E-state index in [1.165, 1.54) is 17.5 Å². The first kappa shape index (κ1) is 15.4. The van der Waals surface area contributed by atoms with Crippen molar-refractivity contribution < 1.29 is 13.2 Å². The summed E-state index contributed by atoms with van der Waals surface area (Å²) in [6.07, 6.45) is 4.85. The number of nitrogens with zero attached hydrogens (tertiary/aromatic N) is 3. The second-order valence-corrected chi connectivity index (χ2v) is 7.28. The molecule has 1 amide bonds. The zero-order valence-corrected chi connectivity index (χ0v) is 13.3. The Morgan fingerprint density at radius 2 is 2.04 bits per heavy atom. The summed E-state index contributed by atoms with van der Waals surface area (Å²) in [5.74, 6) is -0.215. The van der Waals surface area contributed by atoms with Crippen LogP contribution in [0, 0.1) is 0 Å². The summed E-state index contributed by atoms with van der Waals surface area (Å²) in [7, 11) is -3.27. The van der Waals surface area contributed by atoms with Gasteiger partial charge in [0.1, 0.15) is 0 Å². The molecule has 1 aliphatic heterocycles. The fourth-order valence-electron chi connectivity index (χ4n) is 2.35. The van der Waals surface area contributed by atoms with E-state index >= 15 is 0 Å². The molecule has 0 N–H and O–H groups in total. The predicted octanol–water partition coefficient (Wildman–Crippen LogP) is 1.74. The second kappa shape index (κ2) is 5.92. The van der Waals surface area contributed by atoms with Gasteiger partial charge in [0, 0.05) is 25.1 Å². The maximum atomic E-state index is 12.3. The molecule has 0 atom stereocenters. The first-order valence-electron chi connectivity index (χ1n) is 7.05. The first-order valence-corrected chi connectivity index (χ1v) is 8.94. The third-order valence-electron chi connectivity index (χ3n) is 3.54. The minimum atomic E-state index is -3.27. The van der Waals surface area contributed by atoms with Gasteiger partial charge in [-0.2, -0.15) is 5.10 Å². The summed E-state index contributed by atoms with van der Waals surface area (Å²) in [6, 6.07) is 10.0. The highest BCUT2D eigenvalue weighted by molar-refractivity contribution is 7.90. The molecule has 2 aromatic rings. The Morgan fingerprint density at radius 1 is 1.22 bits per heavy atom. The fourth-order valence-corrected chi connectivity index (χ4v) is 3.02. The summed E-state index contributed by atoms with van der Waals surface area (Å²) >= 11 is 0. The highest BCUT2D eigenvalue weighted by Crippen LogP contribution is 2.19. The van der Waals surface area contributed by atoms with Crippen molar-refractivity contribution >= 4 is 21.5 Å². The number of aromatic nitrogens is 1. The van der Waals surface area contributed by atoms with Crippen LogP contribution in [-0.2, 0) is 9.84 Å². The van der Waals surface area contributed by atoms with Crippen molar-refractivity contribution in [1.82, 2.24) is 9.99 Å². The van der Waals surface area contributed by atoms with Gasteiger partial charge in [0.25, 0.3) is 5.91 Å². The predicted molar refractivity (Wildman–Crippen MR) is 86.0 cm³/mol. The van der Waals surface area contributed by atoms with Crippen molar-refractivity contribution in [3.63, 3.8) is 0 Å². The van der Waals surface area contributed by atoms with Crippen LogP contribution in [0.1, 0.15) is 22.3 Å². The van der Waals surface area contributed by atoms with Gasteiger partial charge in [-0.3, -0.25) is 9.78 Å². The maximum absolute atomic E-state index is 12.3. The molecule has 7 heteroatoms. The van der Waals surface area contributed by atoms with Crippen LogP contribution < -0.4 is 0 Å². The third-order valence-corrected chi connectivity index (χ3v) is 4.65. The number of hydrogen-bond donors (Lipinski definition) is 0. The molecular weight excluding hydrogens is 314 g/mol. The van der Waals surface area contributed by atoms with Crippen LogP contribution in [0.15, 0.2) is 58.8 Å². The number of sulfone groups is 1. The number of hydrogen-bond acceptors (Lipinski definition) is 5. The van der Waals surface area contributed by atoms with Crippen molar-refractivity contribution in [3.8, 4) is 0 Å². The van der Waals surface area contributed by atoms with Gasteiger partial charge in [0.15, 0.2) is 9.84 Å². The first-order chi connectivity index (χ1) is 10.9. The summed E-state index contributed by atoms with van der Waals surface area (Å²) in [6.45, 7) is 0.464. The summed E-state index contributed by atoms with van der Waals surface area (Å²) in [5, 5.41) is 5.72. The van der Waals surface area contributed by atoms with E-state index in [0.717, 1.165) is 5.56 Å². The highest BCUT2D eigenvalue weighted by atomic mass is 32.2. The molecule has 0 aliphatic carbocycles. The Bertz CT molecular complexity index is 876. The van der Waals surface area contributed by atoms with E-state index in [2.05, 4.69) is 10.1 Å². The molecular formula is C16H15N3O3S. The molecule has 1 aromatic carbocycles. The maximum Gasteiger partial charge on any atom is 0.275 e. The molecule has 0 bridgehead atoms. The molecule has 1 aliphatic rings. The zero-order valence-electron chi connectivity index (χ0n) is 12.5. The lowest BCUT2D eigenvalue weighted by atomic mass is 10.1. The van der Waals surface area contributed by atoms with E-state index < -0.39 is 9.84 Å². The topological polar surface area (TPSA) is 79.7 Å². The molecule has 6 nitrogen and oxygen atoms in total. The lowest BCUT2D eigenvalue weighted by Crippen LogP contribution is -2.23. The highest BCUT2D eigenvalue weighted by Gasteiger charge is 2.23. The fraction of sp³-hybridized carbons (Fsp3) is 0.188. The van der Waals surface area contributed by atoms with Crippen LogP contribution in [0.25, 0.3) is 0 Å². The van der Waals surface area contributed by atoms with Crippen LogP contribution in [0.2, 0.25) is 0 Å². The van der Waals surface area contributed by atoms with E-state index in [4.69, 9.17) is 0 Å². The summed E-state index contributed by atoms with van der Waals surface area (Å²) in [5.41, 5.74) is 1.89. The van der Waals surface area contributed by atoms with Crippen LogP contribution in [0.4, 0.5) is 0 Å². The molecule has 3 rings (SSSR count). The lowest BCUT2D eigenvalue weighted by Gasteiger charge is -2.10. The Kier molecular flexibility index (Phi) is 3.96. The number of carbonyl (C=O) groups excluding carboxylic acids is 1. The van der Waals surface area contributed by atoms with Crippen molar-refractivity contribution in [2.45, 2.75) is 11.3 Å². The lowest BCUT2D eigenvalue weighted by molar-refractivity contribution is 0.0778. The number of benzene rings is 1. The van der Waals surface area contributed by atoms with Gasteiger partial charge in [0.2, 0.25) is 0 Å². The van der Waals surface area contributed by atoms with Crippen molar-refractivity contribution in [2.24, 2.45) is 5.10 Å². The van der Waals surface area contributed by atoms with Gasteiger partial charge in [-0.25, -0.2) is 13.4 Å². The molecule has 0 spiro atoms. The van der Waals surface area contributed by atoms with Crippen LogP contribution in [0.5, 0.6) is 0 Å². The molecule has 1 aromatic heterocycles. The van der Waals surface area contributed by atoms with Gasteiger partial charge in [-0.05, 0) is 29.8 Å². The largest absolute Gasteiger partial charge is 0.275 e. The van der Waals surface area contributed by atoms with Crippen LogP contribution in [-0.4, -0.2) is 42.8 Å². The van der Waals surface area contributed by atoms with Crippen molar-refractivity contribution in [2.75, 3.05) is 12.8 Å². The second-order valence-electron chi connectivity index (χ2n) is 5.27. The normalized spacial score (nSPS) is 14.7. The molecule has 0 saturated carbocycles. The van der Waals surface area contributed by atoms with Gasteiger partial charge in [-0.1, -0.05) is 12.1 Å². The van der Waals surface area contributed by atoms with E-state index in [-0.39, 0.29) is 10.8 Å². The number of rotatable bonds is 3. The Morgan fingerprint density at radius 3 is 2.74 bits per heavy atom. The zero-order chi connectivity index (χ0) is 16.4. The molecule has 0 fully saturated rings. The number of carbonyl (C=O) groups is 1. The van der Waals surface area contributed by atoms with E-state index in [0.29, 0.717) is 24.2 Å². The SMILES string of the molecule is CS(=O)(=O)c1cccc(C2=NN(C(=O)c3cccnc3)CC2)c1. The molecule has 2 heterocycles. The summed E-state index contributed by atoms with van der Waals surface area (Å²) < 4.78 is 23.3. The monoisotopic (exact) mass is 329 g/mol. The van der Waals surface area contributed by atoms with Gasteiger partial charge < -0.3 is 0 Å². The smallest absolute Gasteiger partial charge is 0.267 e. The van der Waals surface area contributed by atoms with E-state index in [1.807, 2.05) is 0 Å². The number of hydrazone groups is 1. The average molecular weight is 329 g/mol. The Hall–Kier alpha value is -2.54. The van der Waals surface area contributed by atoms with Gasteiger partial charge in [-0.15, -0.1) is 0 Å². The average Bonchev–Trinajstić information content (AvgIpc) is 3.04. The molecule has 118 valence electrons.